The summed E-state index contributed by atoms with van der Waals surface area (Å²) in [5.74, 6) is -0.346. The second-order valence-corrected chi connectivity index (χ2v) is 8.46. The van der Waals surface area contributed by atoms with E-state index in [4.69, 9.17) is 9.47 Å². The van der Waals surface area contributed by atoms with E-state index in [0.29, 0.717) is 13.0 Å². The van der Waals surface area contributed by atoms with Gasteiger partial charge in [-0.2, -0.15) is 0 Å². The number of rotatable bonds is 2. The Morgan fingerprint density at radius 3 is 2.92 bits per heavy atom. The second-order valence-electron chi connectivity index (χ2n) is 7.32. The number of amides is 1. The van der Waals surface area contributed by atoms with Gasteiger partial charge >= 0.3 is 5.97 Å². The molecule has 2 fully saturated rings. The highest BCUT2D eigenvalue weighted by molar-refractivity contribution is 7.14. The SMILES string of the molecule is COC(=O)C1CCCCN1C(=O)c1cc2c(s1)CCOC21CCNCC1. The number of thiophene rings is 1. The molecule has 3 aliphatic rings. The Morgan fingerprint density at radius 1 is 1.35 bits per heavy atom. The van der Waals surface area contributed by atoms with Gasteiger partial charge in [-0.05, 0) is 56.8 Å². The Hall–Kier alpha value is -1.44. The third-order valence-electron chi connectivity index (χ3n) is 5.87. The number of fused-ring (bicyclic) bond motifs is 2. The molecule has 26 heavy (non-hydrogen) atoms. The normalized spacial score (nSPS) is 25.0. The van der Waals surface area contributed by atoms with Crippen LogP contribution in [0.25, 0.3) is 0 Å². The minimum atomic E-state index is -0.454. The van der Waals surface area contributed by atoms with Gasteiger partial charge in [0, 0.05) is 17.8 Å². The largest absolute Gasteiger partial charge is 0.467 e. The van der Waals surface area contributed by atoms with Crippen molar-refractivity contribution in [2.24, 2.45) is 0 Å². The van der Waals surface area contributed by atoms with Gasteiger partial charge in [-0.15, -0.1) is 11.3 Å². The number of nitrogens with one attached hydrogen (secondary N) is 1. The minimum absolute atomic E-state index is 0.0383. The molecule has 1 spiro atoms. The molecule has 1 N–H and O–H groups in total. The maximum Gasteiger partial charge on any atom is 0.328 e. The van der Waals surface area contributed by atoms with E-state index in [1.54, 1.807) is 16.2 Å². The van der Waals surface area contributed by atoms with Crippen molar-refractivity contribution in [1.29, 1.82) is 0 Å². The number of methoxy groups -OCH3 is 1. The lowest BCUT2D eigenvalue weighted by atomic mass is 9.83. The Balaban J connectivity index is 1.62. The molecular weight excluding hydrogens is 352 g/mol. The van der Waals surface area contributed by atoms with Gasteiger partial charge in [0.1, 0.15) is 6.04 Å². The number of likely N-dealkylation sites (tertiary alicyclic amines) is 1. The van der Waals surface area contributed by atoms with E-state index in [9.17, 15) is 9.59 Å². The summed E-state index contributed by atoms with van der Waals surface area (Å²) in [7, 11) is 1.39. The van der Waals surface area contributed by atoms with Gasteiger partial charge in [0.05, 0.1) is 24.2 Å². The Morgan fingerprint density at radius 2 is 2.15 bits per heavy atom. The second kappa shape index (κ2) is 7.29. The summed E-state index contributed by atoms with van der Waals surface area (Å²) < 4.78 is 11.1. The first-order chi connectivity index (χ1) is 12.6. The molecule has 4 rings (SSSR count). The Labute approximate surface area is 157 Å². The molecule has 1 aromatic heterocycles. The maximum atomic E-state index is 13.2. The number of carbonyl (C=O) groups excluding carboxylic acids is 2. The van der Waals surface area contributed by atoms with E-state index in [2.05, 4.69) is 5.32 Å². The third kappa shape index (κ3) is 3.06. The van der Waals surface area contributed by atoms with Crippen LogP contribution in [0.3, 0.4) is 0 Å². The molecule has 4 heterocycles. The first kappa shape index (κ1) is 17.9. The van der Waals surface area contributed by atoms with Crippen molar-refractivity contribution in [3.8, 4) is 0 Å². The Kier molecular flexibility index (Phi) is 5.03. The fourth-order valence-corrected chi connectivity index (χ4v) is 5.65. The average molecular weight is 378 g/mol. The van der Waals surface area contributed by atoms with Gasteiger partial charge in [0.2, 0.25) is 0 Å². The van der Waals surface area contributed by atoms with Gasteiger partial charge in [-0.1, -0.05) is 0 Å². The quantitative estimate of drug-likeness (QED) is 0.798. The van der Waals surface area contributed by atoms with E-state index >= 15 is 0 Å². The Bertz CT molecular complexity index is 696. The lowest BCUT2D eigenvalue weighted by molar-refractivity contribution is -0.147. The highest BCUT2D eigenvalue weighted by Crippen LogP contribution is 2.43. The van der Waals surface area contributed by atoms with E-state index in [1.165, 1.54) is 17.6 Å². The highest BCUT2D eigenvalue weighted by Gasteiger charge is 2.42. The van der Waals surface area contributed by atoms with Crippen molar-refractivity contribution in [1.82, 2.24) is 10.2 Å². The number of carbonyl (C=O) groups is 2. The van der Waals surface area contributed by atoms with E-state index < -0.39 is 6.04 Å². The zero-order valence-corrected chi connectivity index (χ0v) is 16.0. The first-order valence-electron chi connectivity index (χ1n) is 9.51. The summed E-state index contributed by atoms with van der Waals surface area (Å²) in [5.41, 5.74) is 0.961. The number of esters is 1. The van der Waals surface area contributed by atoms with Gasteiger partial charge in [0.25, 0.3) is 5.91 Å². The molecule has 6 nitrogen and oxygen atoms in total. The molecule has 7 heteroatoms. The summed E-state index contributed by atoms with van der Waals surface area (Å²) in [5, 5.41) is 3.39. The van der Waals surface area contributed by atoms with Crippen molar-refractivity contribution < 1.29 is 19.1 Å². The van der Waals surface area contributed by atoms with Crippen LogP contribution < -0.4 is 5.32 Å². The monoisotopic (exact) mass is 378 g/mol. The molecule has 1 aromatic rings. The van der Waals surface area contributed by atoms with Gasteiger partial charge < -0.3 is 19.7 Å². The van der Waals surface area contributed by atoms with Crippen molar-refractivity contribution in [3.63, 3.8) is 0 Å². The van der Waals surface area contributed by atoms with Crippen LogP contribution in [0.2, 0.25) is 0 Å². The smallest absolute Gasteiger partial charge is 0.328 e. The summed E-state index contributed by atoms with van der Waals surface area (Å²) in [6.45, 7) is 3.21. The van der Waals surface area contributed by atoms with Crippen LogP contribution in [-0.4, -0.2) is 56.2 Å². The highest BCUT2D eigenvalue weighted by atomic mass is 32.1. The van der Waals surface area contributed by atoms with Crippen molar-refractivity contribution in [2.45, 2.75) is 50.2 Å². The predicted octanol–water partition coefficient (Wildman–Crippen LogP) is 2.07. The fourth-order valence-electron chi connectivity index (χ4n) is 4.46. The third-order valence-corrected chi connectivity index (χ3v) is 7.05. The van der Waals surface area contributed by atoms with Crippen molar-refractivity contribution in [2.75, 3.05) is 33.4 Å². The van der Waals surface area contributed by atoms with Crippen LogP contribution >= 0.6 is 11.3 Å². The van der Waals surface area contributed by atoms with Gasteiger partial charge in [0.15, 0.2) is 0 Å². The van der Waals surface area contributed by atoms with E-state index in [0.717, 1.165) is 56.7 Å². The number of hydrogen-bond donors (Lipinski definition) is 1. The number of piperidine rings is 2. The molecule has 0 saturated carbocycles. The van der Waals surface area contributed by atoms with Crippen LogP contribution in [0.5, 0.6) is 0 Å². The molecule has 0 aliphatic carbocycles. The minimum Gasteiger partial charge on any atom is -0.467 e. The van der Waals surface area contributed by atoms with Crippen LogP contribution in [0, 0.1) is 0 Å². The van der Waals surface area contributed by atoms with Crippen molar-refractivity contribution in [3.05, 3.63) is 21.4 Å². The van der Waals surface area contributed by atoms with Gasteiger partial charge in [-0.25, -0.2) is 4.79 Å². The molecule has 3 aliphatic heterocycles. The number of hydrogen-bond acceptors (Lipinski definition) is 6. The summed E-state index contributed by atoms with van der Waals surface area (Å²) in [6.07, 6.45) is 5.32. The predicted molar refractivity (Wildman–Crippen MR) is 98.4 cm³/mol. The van der Waals surface area contributed by atoms with Crippen LogP contribution in [0.4, 0.5) is 0 Å². The summed E-state index contributed by atoms with van der Waals surface area (Å²) in [4.78, 5) is 29.0. The molecule has 0 bridgehead atoms. The standard InChI is InChI=1S/C19H26N2O4S/c1-24-18(23)14-4-2-3-10-21(14)17(22)16-12-13-15(26-16)5-11-25-19(13)6-8-20-9-7-19/h12,14,20H,2-11H2,1H3. The lowest BCUT2D eigenvalue weighted by Gasteiger charge is -2.40. The molecule has 1 amide bonds. The molecule has 142 valence electrons. The molecule has 1 atom stereocenters. The van der Waals surface area contributed by atoms with E-state index in [1.807, 2.05) is 6.07 Å². The zero-order valence-electron chi connectivity index (χ0n) is 15.2. The maximum absolute atomic E-state index is 13.2. The fraction of sp³-hybridized carbons (Fsp3) is 0.684. The first-order valence-corrected chi connectivity index (χ1v) is 10.3. The van der Waals surface area contributed by atoms with Crippen LogP contribution in [-0.2, 0) is 26.3 Å². The average Bonchev–Trinajstić information content (AvgIpc) is 3.13. The molecule has 1 unspecified atom stereocenters. The number of nitrogens with zero attached hydrogens (tertiary/aromatic N) is 1. The lowest BCUT2D eigenvalue weighted by Crippen LogP contribution is -2.48. The molecule has 0 radical (unpaired) electrons. The molecule has 2 saturated heterocycles. The summed E-state index contributed by atoms with van der Waals surface area (Å²) >= 11 is 1.58. The molecular formula is C19H26N2O4S. The number of ether oxygens (including phenoxy) is 2. The van der Waals surface area contributed by atoms with Gasteiger partial charge in [-0.3, -0.25) is 4.79 Å². The summed E-state index contributed by atoms with van der Waals surface area (Å²) in [6, 6.07) is 1.58. The van der Waals surface area contributed by atoms with Crippen molar-refractivity contribution >= 4 is 23.2 Å². The van der Waals surface area contributed by atoms with Crippen LogP contribution in [0.15, 0.2) is 6.07 Å². The zero-order chi connectivity index (χ0) is 18.1. The molecule has 0 aromatic carbocycles. The topological polar surface area (TPSA) is 67.9 Å². The van der Waals surface area contributed by atoms with E-state index in [-0.39, 0.29) is 17.5 Å². The van der Waals surface area contributed by atoms with Crippen LogP contribution in [0.1, 0.15) is 52.2 Å².